The number of rotatable bonds is 5. The molecule has 3 heteroatoms. The van der Waals surface area contributed by atoms with Crippen LogP contribution in [0.4, 0.5) is 5.69 Å². The summed E-state index contributed by atoms with van der Waals surface area (Å²) in [6, 6.07) is 20.7. The van der Waals surface area contributed by atoms with Crippen molar-refractivity contribution in [2.75, 3.05) is 11.9 Å². The third-order valence-electron chi connectivity index (χ3n) is 4.60. The van der Waals surface area contributed by atoms with Crippen LogP contribution in [0.5, 0.6) is 0 Å². The number of amides is 1. The summed E-state index contributed by atoms with van der Waals surface area (Å²) < 4.78 is 0. The van der Waals surface area contributed by atoms with Crippen LogP contribution in [-0.4, -0.2) is 12.5 Å². The normalized spacial score (nSPS) is 12.1. The van der Waals surface area contributed by atoms with E-state index in [-0.39, 0.29) is 18.5 Å². The molecule has 0 aliphatic rings. The molecule has 0 radical (unpaired) electrons. The molecule has 128 valence electrons. The highest BCUT2D eigenvalue weighted by atomic mass is 16.1. The first-order valence-corrected chi connectivity index (χ1v) is 8.63. The van der Waals surface area contributed by atoms with Gasteiger partial charge in [0.1, 0.15) is 0 Å². The van der Waals surface area contributed by atoms with E-state index in [4.69, 9.17) is 0 Å². The molecule has 2 N–H and O–H groups in total. The summed E-state index contributed by atoms with van der Waals surface area (Å²) in [4.78, 5) is 12.3. The van der Waals surface area contributed by atoms with Crippen molar-refractivity contribution in [2.24, 2.45) is 0 Å². The summed E-state index contributed by atoms with van der Waals surface area (Å²) in [6.45, 7) is 6.38. The molecule has 3 aromatic rings. The van der Waals surface area contributed by atoms with Gasteiger partial charge in [0.05, 0.1) is 6.54 Å². The molecule has 3 rings (SSSR count). The molecule has 0 aromatic heterocycles. The number of hydrogen-bond donors (Lipinski definition) is 2. The second kappa shape index (κ2) is 7.49. The molecule has 1 atom stereocenters. The number of carbonyl (C=O) groups is 1. The van der Waals surface area contributed by atoms with E-state index in [1.54, 1.807) is 0 Å². The summed E-state index contributed by atoms with van der Waals surface area (Å²) in [7, 11) is 0. The van der Waals surface area contributed by atoms with Crippen LogP contribution in [0.2, 0.25) is 0 Å². The van der Waals surface area contributed by atoms with Crippen LogP contribution in [0.25, 0.3) is 10.8 Å². The van der Waals surface area contributed by atoms with E-state index in [9.17, 15) is 4.79 Å². The maximum atomic E-state index is 12.3. The van der Waals surface area contributed by atoms with Crippen molar-refractivity contribution in [3.05, 3.63) is 77.4 Å². The lowest BCUT2D eigenvalue weighted by atomic mass is 10.00. The molecule has 0 unspecified atom stereocenters. The second-order valence-electron chi connectivity index (χ2n) is 6.49. The third-order valence-corrected chi connectivity index (χ3v) is 4.60. The summed E-state index contributed by atoms with van der Waals surface area (Å²) in [6.07, 6.45) is 0. The van der Waals surface area contributed by atoms with Gasteiger partial charge in [0.15, 0.2) is 0 Å². The Bertz CT molecular complexity index is 876. The predicted molar refractivity (Wildman–Crippen MR) is 105 cm³/mol. The van der Waals surface area contributed by atoms with Crippen molar-refractivity contribution < 1.29 is 4.79 Å². The Labute approximate surface area is 149 Å². The van der Waals surface area contributed by atoms with E-state index in [1.165, 1.54) is 16.3 Å². The molecule has 0 bridgehead atoms. The zero-order valence-electron chi connectivity index (χ0n) is 15.0. The van der Waals surface area contributed by atoms with Gasteiger partial charge >= 0.3 is 0 Å². The largest absolute Gasteiger partial charge is 0.324 e. The summed E-state index contributed by atoms with van der Waals surface area (Å²) in [5.74, 6) is -0.0236. The van der Waals surface area contributed by atoms with E-state index >= 15 is 0 Å². The van der Waals surface area contributed by atoms with E-state index < -0.39 is 0 Å². The van der Waals surface area contributed by atoms with Crippen molar-refractivity contribution in [1.82, 2.24) is 5.32 Å². The lowest BCUT2D eigenvalue weighted by molar-refractivity contribution is -0.115. The van der Waals surface area contributed by atoms with Gasteiger partial charge < -0.3 is 10.6 Å². The zero-order chi connectivity index (χ0) is 17.8. The van der Waals surface area contributed by atoms with Crippen molar-refractivity contribution in [3.8, 4) is 0 Å². The predicted octanol–water partition coefficient (Wildman–Crippen LogP) is 4.75. The van der Waals surface area contributed by atoms with E-state index in [0.29, 0.717) is 0 Å². The minimum absolute atomic E-state index is 0.0236. The minimum Gasteiger partial charge on any atom is -0.324 e. The molecule has 1 amide bonds. The molecule has 0 aliphatic carbocycles. The molecular weight excluding hydrogens is 308 g/mol. The van der Waals surface area contributed by atoms with Gasteiger partial charge in [-0.3, -0.25) is 4.79 Å². The maximum absolute atomic E-state index is 12.3. The van der Waals surface area contributed by atoms with Gasteiger partial charge in [0.25, 0.3) is 0 Å². The molecular formula is C22H24N2O. The Balaban J connectivity index is 1.67. The monoisotopic (exact) mass is 332 g/mol. The Morgan fingerprint density at radius 3 is 2.32 bits per heavy atom. The Hall–Kier alpha value is -2.65. The molecule has 0 saturated carbocycles. The average molecular weight is 332 g/mol. The highest BCUT2D eigenvalue weighted by molar-refractivity contribution is 5.94. The Kier molecular flexibility index (Phi) is 5.15. The second-order valence-corrected chi connectivity index (χ2v) is 6.49. The fourth-order valence-electron chi connectivity index (χ4n) is 3.18. The first kappa shape index (κ1) is 17.2. The number of benzene rings is 3. The highest BCUT2D eigenvalue weighted by Crippen LogP contribution is 2.24. The quantitative estimate of drug-likeness (QED) is 0.708. The average Bonchev–Trinajstić information content (AvgIpc) is 2.62. The van der Waals surface area contributed by atoms with Crippen LogP contribution in [-0.2, 0) is 4.79 Å². The van der Waals surface area contributed by atoms with Crippen LogP contribution in [0, 0.1) is 13.8 Å². The molecule has 0 spiro atoms. The molecule has 0 fully saturated rings. The zero-order valence-corrected chi connectivity index (χ0v) is 15.0. The van der Waals surface area contributed by atoms with Crippen molar-refractivity contribution in [3.63, 3.8) is 0 Å². The van der Waals surface area contributed by atoms with E-state index in [0.717, 1.165) is 16.8 Å². The number of carbonyl (C=O) groups excluding carboxylic acids is 1. The van der Waals surface area contributed by atoms with Crippen LogP contribution in [0.1, 0.15) is 29.7 Å². The van der Waals surface area contributed by atoms with Gasteiger partial charge in [0, 0.05) is 11.7 Å². The molecule has 0 heterocycles. The minimum atomic E-state index is -0.0236. The lowest BCUT2D eigenvalue weighted by Gasteiger charge is -2.17. The molecule has 0 aliphatic heterocycles. The van der Waals surface area contributed by atoms with Gasteiger partial charge in [-0.25, -0.2) is 0 Å². The van der Waals surface area contributed by atoms with Gasteiger partial charge in [-0.15, -0.1) is 0 Å². The van der Waals surface area contributed by atoms with Crippen LogP contribution >= 0.6 is 0 Å². The van der Waals surface area contributed by atoms with Gasteiger partial charge in [0.2, 0.25) is 5.91 Å². The summed E-state index contributed by atoms with van der Waals surface area (Å²) >= 11 is 0. The number of hydrogen-bond acceptors (Lipinski definition) is 2. The molecule has 0 saturated heterocycles. The third kappa shape index (κ3) is 3.89. The standard InChI is InChI=1S/C22H24N2O/c1-15-8-6-9-16(2)22(15)24-21(25)14-23-17(3)19-13-7-11-18-10-4-5-12-20(18)19/h4-13,17,23H,14H2,1-3H3,(H,24,25)/t17-/m1/s1. The van der Waals surface area contributed by atoms with Crippen LogP contribution in [0.15, 0.2) is 60.7 Å². The number of fused-ring (bicyclic) bond motifs is 1. The van der Waals surface area contributed by atoms with Crippen molar-refractivity contribution >= 4 is 22.4 Å². The summed E-state index contributed by atoms with van der Waals surface area (Å²) in [5.41, 5.74) is 4.27. The topological polar surface area (TPSA) is 41.1 Å². The maximum Gasteiger partial charge on any atom is 0.238 e. The van der Waals surface area contributed by atoms with Gasteiger partial charge in [-0.05, 0) is 48.2 Å². The Morgan fingerprint density at radius 1 is 0.920 bits per heavy atom. The molecule has 25 heavy (non-hydrogen) atoms. The number of aryl methyl sites for hydroxylation is 2. The van der Waals surface area contributed by atoms with Crippen molar-refractivity contribution in [2.45, 2.75) is 26.8 Å². The smallest absolute Gasteiger partial charge is 0.238 e. The fraction of sp³-hybridized carbons (Fsp3) is 0.227. The van der Waals surface area contributed by atoms with Gasteiger partial charge in [-0.1, -0.05) is 60.7 Å². The lowest BCUT2D eigenvalue weighted by Crippen LogP contribution is -2.30. The number of para-hydroxylation sites is 1. The molecule has 3 nitrogen and oxygen atoms in total. The number of anilines is 1. The van der Waals surface area contributed by atoms with Crippen LogP contribution < -0.4 is 10.6 Å². The van der Waals surface area contributed by atoms with E-state index in [1.807, 2.05) is 44.2 Å². The highest BCUT2D eigenvalue weighted by Gasteiger charge is 2.12. The number of nitrogens with one attached hydrogen (secondary N) is 2. The first-order valence-electron chi connectivity index (χ1n) is 8.63. The van der Waals surface area contributed by atoms with Gasteiger partial charge in [-0.2, -0.15) is 0 Å². The van der Waals surface area contributed by atoms with E-state index in [2.05, 4.69) is 47.9 Å². The SMILES string of the molecule is Cc1cccc(C)c1NC(=O)CN[C@H](C)c1cccc2ccccc12. The first-order chi connectivity index (χ1) is 12.1. The molecule has 3 aromatic carbocycles. The van der Waals surface area contributed by atoms with Crippen molar-refractivity contribution in [1.29, 1.82) is 0 Å². The van der Waals surface area contributed by atoms with Crippen LogP contribution in [0.3, 0.4) is 0 Å². The summed E-state index contributed by atoms with van der Waals surface area (Å²) in [5, 5.41) is 8.80. The fourth-order valence-corrected chi connectivity index (χ4v) is 3.18. The Morgan fingerprint density at radius 2 is 1.56 bits per heavy atom.